The van der Waals surface area contributed by atoms with Crippen molar-refractivity contribution in [1.82, 2.24) is 15.1 Å². The van der Waals surface area contributed by atoms with Gasteiger partial charge in [-0.15, -0.1) is 0 Å². The van der Waals surface area contributed by atoms with Crippen LogP contribution in [0.4, 0.5) is 10.1 Å². The van der Waals surface area contributed by atoms with Gasteiger partial charge in [0, 0.05) is 0 Å². The third-order valence-electron chi connectivity index (χ3n) is 2.64. The topological polar surface area (TPSA) is 107 Å². The van der Waals surface area contributed by atoms with E-state index in [9.17, 15) is 12.8 Å². The van der Waals surface area contributed by atoms with Crippen LogP contribution in [0, 0.1) is 5.82 Å². The Bertz CT molecular complexity index is 898. The Morgan fingerprint density at radius 2 is 1.87 bits per heavy atom. The maximum atomic E-state index is 13.4. The van der Waals surface area contributed by atoms with Gasteiger partial charge in [0.15, 0.2) is 11.6 Å². The van der Waals surface area contributed by atoms with Gasteiger partial charge in [-0.1, -0.05) is 17.3 Å². The molecule has 0 spiro atoms. The van der Waals surface area contributed by atoms with Crippen molar-refractivity contribution < 1.29 is 22.1 Å². The Morgan fingerprint density at radius 1 is 1.13 bits per heavy atom. The molecule has 118 valence electrons. The quantitative estimate of drug-likeness (QED) is 0.761. The van der Waals surface area contributed by atoms with E-state index in [0.29, 0.717) is 0 Å². The number of nitrogens with one attached hydrogen (secondary N) is 1. The first-order chi connectivity index (χ1) is 11.0. The number of para-hydroxylation sites is 1. The summed E-state index contributed by atoms with van der Waals surface area (Å²) in [5, 5.41) is 3.32. The van der Waals surface area contributed by atoms with Crippen LogP contribution >= 0.6 is 0 Å². The van der Waals surface area contributed by atoms with Gasteiger partial charge in [0.25, 0.3) is 10.0 Å². The molecule has 8 nitrogen and oxygen atoms in total. The molecule has 1 aromatic carbocycles. The van der Waals surface area contributed by atoms with Crippen molar-refractivity contribution in [2.75, 3.05) is 4.72 Å². The number of anilines is 1. The Kier molecular flexibility index (Phi) is 3.89. The summed E-state index contributed by atoms with van der Waals surface area (Å²) >= 11 is 0. The fourth-order valence-electron chi connectivity index (χ4n) is 1.59. The van der Waals surface area contributed by atoms with E-state index in [2.05, 4.69) is 24.4 Å². The van der Waals surface area contributed by atoms with E-state index >= 15 is 0 Å². The molecule has 1 N–H and O–H groups in total. The van der Waals surface area contributed by atoms with Gasteiger partial charge in [-0.05, 0) is 12.1 Å². The summed E-state index contributed by atoms with van der Waals surface area (Å²) in [6.45, 7) is 0. The van der Waals surface area contributed by atoms with Crippen molar-refractivity contribution in [3.8, 4) is 11.8 Å². The Morgan fingerprint density at radius 3 is 2.52 bits per heavy atom. The van der Waals surface area contributed by atoms with Gasteiger partial charge in [0.1, 0.15) is 11.2 Å². The van der Waals surface area contributed by atoms with E-state index < -0.39 is 15.8 Å². The van der Waals surface area contributed by atoms with Crippen LogP contribution in [0.5, 0.6) is 11.8 Å². The number of hydrogen-bond acceptors (Lipinski definition) is 7. The molecule has 3 rings (SSSR count). The monoisotopic (exact) mass is 336 g/mol. The number of aromatic nitrogens is 3. The Labute approximate surface area is 130 Å². The van der Waals surface area contributed by atoms with E-state index in [1.807, 2.05) is 0 Å². The van der Waals surface area contributed by atoms with Crippen LogP contribution in [0.1, 0.15) is 0 Å². The molecule has 0 saturated carbocycles. The van der Waals surface area contributed by atoms with Gasteiger partial charge in [0.2, 0.25) is 0 Å². The summed E-state index contributed by atoms with van der Waals surface area (Å²) in [6, 6.07) is 5.65. The normalized spacial score (nSPS) is 11.2. The highest BCUT2D eigenvalue weighted by atomic mass is 32.2. The fourth-order valence-corrected chi connectivity index (χ4v) is 2.47. The highest BCUT2D eigenvalue weighted by Crippen LogP contribution is 2.22. The summed E-state index contributed by atoms with van der Waals surface area (Å²) in [5.41, 5.74) is 0.104. The second kappa shape index (κ2) is 6.01. The zero-order chi connectivity index (χ0) is 16.3. The summed E-state index contributed by atoms with van der Waals surface area (Å²) < 4.78 is 49.2. The van der Waals surface area contributed by atoms with E-state index in [1.54, 1.807) is 6.07 Å². The van der Waals surface area contributed by atoms with Crippen molar-refractivity contribution in [2.45, 2.75) is 4.90 Å². The first-order valence-electron chi connectivity index (χ1n) is 6.21. The summed E-state index contributed by atoms with van der Waals surface area (Å²) in [4.78, 5) is 7.49. The number of halogens is 1. The fraction of sp³-hybridized carbons (Fsp3) is 0. The third-order valence-corrected chi connectivity index (χ3v) is 3.96. The highest BCUT2D eigenvalue weighted by Gasteiger charge is 2.17. The van der Waals surface area contributed by atoms with Crippen molar-refractivity contribution >= 4 is 15.7 Å². The lowest BCUT2D eigenvalue weighted by atomic mass is 10.3. The number of rotatable bonds is 5. The first kappa shape index (κ1) is 14.9. The molecule has 0 amide bonds. The second-order valence-electron chi connectivity index (χ2n) is 4.25. The van der Waals surface area contributed by atoms with Crippen LogP contribution in [0.15, 0.2) is 58.5 Å². The third kappa shape index (κ3) is 3.43. The molecule has 0 atom stereocenters. The van der Waals surface area contributed by atoms with Crippen LogP contribution in [-0.4, -0.2) is 23.5 Å². The van der Waals surface area contributed by atoms with Crippen LogP contribution in [0.25, 0.3) is 0 Å². The summed E-state index contributed by atoms with van der Waals surface area (Å²) in [5.74, 6) is -0.598. The minimum absolute atomic E-state index is 0.0368. The van der Waals surface area contributed by atoms with Crippen molar-refractivity contribution in [3.05, 3.63) is 54.9 Å². The first-order valence-corrected chi connectivity index (χ1v) is 7.69. The predicted molar refractivity (Wildman–Crippen MR) is 75.8 cm³/mol. The molecule has 0 unspecified atom stereocenters. The zero-order valence-corrected chi connectivity index (χ0v) is 12.2. The Balaban J connectivity index is 1.74. The Hall–Kier alpha value is -3.01. The molecular formula is C13H9FN4O4S. The number of benzene rings is 1. The SMILES string of the molecule is O=S(=O)(Nc1cnc(Oc2ccccc2F)nc1)c1cnoc1. The smallest absolute Gasteiger partial charge is 0.322 e. The number of sulfonamides is 1. The molecule has 0 radical (unpaired) electrons. The molecule has 0 aliphatic carbocycles. The molecule has 2 heterocycles. The molecule has 23 heavy (non-hydrogen) atoms. The standard InChI is InChI=1S/C13H9FN4O4S/c14-11-3-1-2-4-12(11)22-13-15-5-9(6-16-13)18-23(19,20)10-7-17-21-8-10/h1-8,18H. The molecule has 0 bridgehead atoms. The van der Waals surface area contributed by atoms with Crippen LogP contribution < -0.4 is 9.46 Å². The average molecular weight is 336 g/mol. The molecular weight excluding hydrogens is 327 g/mol. The predicted octanol–water partition coefficient (Wildman–Crippen LogP) is 2.20. The van der Waals surface area contributed by atoms with Gasteiger partial charge >= 0.3 is 6.01 Å². The van der Waals surface area contributed by atoms with E-state index in [4.69, 9.17) is 4.74 Å². The summed E-state index contributed by atoms with van der Waals surface area (Å²) in [6.07, 6.45) is 4.42. The highest BCUT2D eigenvalue weighted by molar-refractivity contribution is 7.92. The van der Waals surface area contributed by atoms with E-state index in [0.717, 1.165) is 12.5 Å². The number of ether oxygens (including phenoxy) is 1. The minimum Gasteiger partial charge on any atom is -0.421 e. The average Bonchev–Trinajstić information content (AvgIpc) is 3.06. The number of nitrogens with zero attached hydrogens (tertiary/aromatic N) is 3. The molecule has 0 aliphatic rings. The molecule has 10 heteroatoms. The molecule has 0 aliphatic heterocycles. The van der Waals surface area contributed by atoms with E-state index in [1.165, 1.54) is 30.6 Å². The molecule has 0 saturated heterocycles. The molecule has 3 aromatic rings. The molecule has 0 fully saturated rings. The van der Waals surface area contributed by atoms with Crippen molar-refractivity contribution in [3.63, 3.8) is 0 Å². The molecule has 2 aromatic heterocycles. The van der Waals surface area contributed by atoms with Gasteiger partial charge < -0.3 is 9.26 Å². The minimum atomic E-state index is -3.84. The van der Waals surface area contributed by atoms with Gasteiger partial charge in [-0.2, -0.15) is 0 Å². The van der Waals surface area contributed by atoms with Crippen LogP contribution in [-0.2, 0) is 10.0 Å². The van der Waals surface area contributed by atoms with Crippen molar-refractivity contribution in [1.29, 1.82) is 0 Å². The lowest BCUT2D eigenvalue weighted by molar-refractivity contribution is 0.411. The maximum Gasteiger partial charge on any atom is 0.322 e. The number of hydrogen-bond donors (Lipinski definition) is 1. The van der Waals surface area contributed by atoms with Crippen molar-refractivity contribution in [2.24, 2.45) is 0 Å². The van der Waals surface area contributed by atoms with Gasteiger partial charge in [-0.25, -0.2) is 22.8 Å². The largest absolute Gasteiger partial charge is 0.421 e. The van der Waals surface area contributed by atoms with Crippen LogP contribution in [0.3, 0.4) is 0 Å². The lowest BCUT2D eigenvalue weighted by Gasteiger charge is -2.07. The van der Waals surface area contributed by atoms with Gasteiger partial charge in [0.05, 0.1) is 24.3 Å². The maximum absolute atomic E-state index is 13.4. The summed E-state index contributed by atoms with van der Waals surface area (Å²) in [7, 11) is -3.84. The lowest BCUT2D eigenvalue weighted by Crippen LogP contribution is -2.12. The van der Waals surface area contributed by atoms with Gasteiger partial charge in [-0.3, -0.25) is 4.72 Å². The zero-order valence-electron chi connectivity index (χ0n) is 11.4. The second-order valence-corrected chi connectivity index (χ2v) is 5.93. The van der Waals surface area contributed by atoms with E-state index in [-0.39, 0.29) is 22.3 Å². The van der Waals surface area contributed by atoms with Crippen LogP contribution in [0.2, 0.25) is 0 Å².